The molecule has 6 nitrogen and oxygen atoms in total. The van der Waals surface area contributed by atoms with E-state index >= 15 is 0 Å². The Kier molecular flexibility index (Phi) is 6.83. The first kappa shape index (κ1) is 16.3. The Morgan fingerprint density at radius 3 is 2.70 bits per heavy atom. The van der Waals surface area contributed by atoms with Crippen molar-refractivity contribution in [1.82, 2.24) is 4.90 Å². The third-order valence-electron chi connectivity index (χ3n) is 2.67. The number of ether oxygens (including phenoxy) is 2. The van der Waals surface area contributed by atoms with Gasteiger partial charge in [0.05, 0.1) is 25.4 Å². The van der Waals surface area contributed by atoms with Gasteiger partial charge in [0.15, 0.2) is 0 Å². The fraction of sp³-hybridized carbons (Fsp3) is 0.500. The Morgan fingerprint density at radius 2 is 2.05 bits per heavy atom. The van der Waals surface area contributed by atoms with Crippen LogP contribution in [0.25, 0.3) is 0 Å². The molecular formula is C14H23N3O3. The maximum atomic E-state index is 12.0. The number of nitrogens with zero attached hydrogens (tertiary/aromatic N) is 1. The first-order valence-electron chi connectivity index (χ1n) is 6.48. The second-order valence-electron chi connectivity index (χ2n) is 4.54. The molecule has 0 aliphatic rings. The van der Waals surface area contributed by atoms with Crippen LogP contribution >= 0.6 is 0 Å². The number of carbonyl (C=O) groups is 1. The van der Waals surface area contributed by atoms with E-state index in [4.69, 9.17) is 15.2 Å². The summed E-state index contributed by atoms with van der Waals surface area (Å²) in [4.78, 5) is 13.6. The molecule has 0 heterocycles. The van der Waals surface area contributed by atoms with Crippen LogP contribution in [-0.4, -0.2) is 58.4 Å². The number of anilines is 2. The summed E-state index contributed by atoms with van der Waals surface area (Å²) < 4.78 is 10.2. The number of carbonyl (C=O) groups excluding carboxylic acids is 1. The second-order valence-corrected chi connectivity index (χ2v) is 4.54. The molecule has 0 saturated heterocycles. The molecule has 0 spiro atoms. The van der Waals surface area contributed by atoms with Crippen LogP contribution in [-0.2, 0) is 9.47 Å². The molecule has 0 unspecified atom stereocenters. The van der Waals surface area contributed by atoms with E-state index in [0.717, 1.165) is 5.69 Å². The maximum absolute atomic E-state index is 12.0. The number of methoxy groups -OCH3 is 1. The van der Waals surface area contributed by atoms with Crippen LogP contribution in [0.5, 0.6) is 0 Å². The van der Waals surface area contributed by atoms with Gasteiger partial charge in [-0.2, -0.15) is 0 Å². The van der Waals surface area contributed by atoms with E-state index in [1.165, 1.54) is 4.90 Å². The summed E-state index contributed by atoms with van der Waals surface area (Å²) in [6, 6.07) is 5.20. The molecule has 20 heavy (non-hydrogen) atoms. The average Bonchev–Trinajstić information content (AvgIpc) is 2.42. The lowest BCUT2D eigenvalue weighted by Gasteiger charge is -2.16. The van der Waals surface area contributed by atoms with Gasteiger partial charge in [0, 0.05) is 39.1 Å². The molecule has 0 radical (unpaired) electrons. The largest absolute Gasteiger partial charge is 0.399 e. The smallest absolute Gasteiger partial charge is 0.255 e. The molecule has 1 amide bonds. The molecule has 6 heteroatoms. The minimum absolute atomic E-state index is 0.0622. The number of amides is 1. The summed E-state index contributed by atoms with van der Waals surface area (Å²) in [5.41, 5.74) is 7.69. The summed E-state index contributed by atoms with van der Waals surface area (Å²) >= 11 is 0. The zero-order valence-corrected chi connectivity index (χ0v) is 12.3. The molecule has 0 aliphatic heterocycles. The third-order valence-corrected chi connectivity index (χ3v) is 2.67. The predicted octanol–water partition coefficient (Wildman–Crippen LogP) is 1.05. The fourth-order valence-corrected chi connectivity index (χ4v) is 1.64. The van der Waals surface area contributed by atoms with Gasteiger partial charge < -0.3 is 25.4 Å². The molecule has 0 fully saturated rings. The Labute approximate surface area is 119 Å². The van der Waals surface area contributed by atoms with E-state index in [9.17, 15) is 4.79 Å². The van der Waals surface area contributed by atoms with Crippen molar-refractivity contribution >= 4 is 17.3 Å². The Bertz CT molecular complexity index is 436. The number of nitrogens with one attached hydrogen (secondary N) is 1. The highest BCUT2D eigenvalue weighted by Crippen LogP contribution is 2.20. The van der Waals surface area contributed by atoms with Crippen LogP contribution in [0, 0.1) is 0 Å². The highest BCUT2D eigenvalue weighted by atomic mass is 16.5. The minimum Gasteiger partial charge on any atom is -0.399 e. The van der Waals surface area contributed by atoms with Crippen LogP contribution < -0.4 is 11.1 Å². The standard InChI is InChI=1S/C14H23N3O3/c1-17(2)14(18)12-5-4-11(15)10-13(12)16-6-7-20-9-8-19-3/h4-5,10,16H,6-9,15H2,1-3H3. The maximum Gasteiger partial charge on any atom is 0.255 e. The van der Waals surface area contributed by atoms with Crippen LogP contribution in [0.4, 0.5) is 11.4 Å². The van der Waals surface area contributed by atoms with Gasteiger partial charge in [0.1, 0.15) is 0 Å². The van der Waals surface area contributed by atoms with Crippen molar-refractivity contribution in [2.75, 3.05) is 58.6 Å². The van der Waals surface area contributed by atoms with Crippen molar-refractivity contribution in [3.8, 4) is 0 Å². The molecule has 0 atom stereocenters. The molecule has 0 aromatic heterocycles. The highest BCUT2D eigenvalue weighted by Gasteiger charge is 2.13. The van der Waals surface area contributed by atoms with E-state index in [0.29, 0.717) is 37.6 Å². The molecule has 1 aromatic carbocycles. The number of hydrogen-bond acceptors (Lipinski definition) is 5. The van der Waals surface area contributed by atoms with Crippen molar-refractivity contribution < 1.29 is 14.3 Å². The summed E-state index contributed by atoms with van der Waals surface area (Å²) in [7, 11) is 5.07. The Hall–Kier alpha value is -1.79. The van der Waals surface area contributed by atoms with Crippen molar-refractivity contribution in [2.24, 2.45) is 0 Å². The molecule has 0 aliphatic carbocycles. The van der Waals surface area contributed by atoms with Crippen molar-refractivity contribution in [2.45, 2.75) is 0 Å². The number of hydrogen-bond donors (Lipinski definition) is 2. The van der Waals surface area contributed by atoms with Gasteiger partial charge in [0.25, 0.3) is 5.91 Å². The van der Waals surface area contributed by atoms with E-state index < -0.39 is 0 Å². The average molecular weight is 281 g/mol. The Balaban J connectivity index is 2.59. The lowest BCUT2D eigenvalue weighted by atomic mass is 10.1. The van der Waals surface area contributed by atoms with E-state index in [1.807, 2.05) is 0 Å². The van der Waals surface area contributed by atoms with Crippen LogP contribution in [0.1, 0.15) is 10.4 Å². The summed E-state index contributed by atoms with van der Waals surface area (Å²) in [5, 5.41) is 3.17. The van der Waals surface area contributed by atoms with Gasteiger partial charge in [-0.15, -0.1) is 0 Å². The van der Waals surface area contributed by atoms with Gasteiger partial charge >= 0.3 is 0 Å². The van der Waals surface area contributed by atoms with Crippen LogP contribution in [0.3, 0.4) is 0 Å². The zero-order chi connectivity index (χ0) is 15.0. The van der Waals surface area contributed by atoms with Gasteiger partial charge in [-0.3, -0.25) is 4.79 Å². The zero-order valence-electron chi connectivity index (χ0n) is 12.3. The van der Waals surface area contributed by atoms with E-state index in [1.54, 1.807) is 39.4 Å². The molecular weight excluding hydrogens is 258 g/mol. The fourth-order valence-electron chi connectivity index (χ4n) is 1.64. The molecule has 0 bridgehead atoms. The highest BCUT2D eigenvalue weighted by molar-refractivity contribution is 5.99. The molecule has 3 N–H and O–H groups in total. The topological polar surface area (TPSA) is 76.8 Å². The first-order valence-corrected chi connectivity index (χ1v) is 6.48. The van der Waals surface area contributed by atoms with Crippen LogP contribution in [0.2, 0.25) is 0 Å². The quantitative estimate of drug-likeness (QED) is 0.550. The lowest BCUT2D eigenvalue weighted by Crippen LogP contribution is -2.23. The number of benzene rings is 1. The first-order chi connectivity index (χ1) is 9.56. The van der Waals surface area contributed by atoms with Crippen molar-refractivity contribution in [3.63, 3.8) is 0 Å². The monoisotopic (exact) mass is 281 g/mol. The number of rotatable bonds is 8. The summed E-state index contributed by atoms with van der Waals surface area (Å²) in [6.07, 6.45) is 0. The SMILES string of the molecule is COCCOCCNc1cc(N)ccc1C(=O)N(C)C. The van der Waals surface area contributed by atoms with Gasteiger partial charge in [-0.1, -0.05) is 0 Å². The summed E-state index contributed by atoms with van der Waals surface area (Å²) in [5.74, 6) is -0.0622. The van der Waals surface area contributed by atoms with Crippen LogP contribution in [0.15, 0.2) is 18.2 Å². The second kappa shape index (κ2) is 8.39. The molecule has 0 saturated carbocycles. The van der Waals surface area contributed by atoms with Gasteiger partial charge in [-0.25, -0.2) is 0 Å². The van der Waals surface area contributed by atoms with E-state index in [-0.39, 0.29) is 5.91 Å². The normalized spacial score (nSPS) is 10.3. The number of nitrogen functional groups attached to an aromatic ring is 1. The lowest BCUT2D eigenvalue weighted by molar-refractivity contribution is 0.0758. The molecule has 1 rings (SSSR count). The molecule has 112 valence electrons. The molecule has 1 aromatic rings. The summed E-state index contributed by atoms with van der Waals surface area (Å²) in [6.45, 7) is 2.26. The van der Waals surface area contributed by atoms with Gasteiger partial charge in [-0.05, 0) is 18.2 Å². The predicted molar refractivity (Wildman–Crippen MR) is 80.1 cm³/mol. The van der Waals surface area contributed by atoms with Gasteiger partial charge in [0.2, 0.25) is 0 Å². The Morgan fingerprint density at radius 1 is 1.30 bits per heavy atom. The third kappa shape index (κ3) is 5.07. The minimum atomic E-state index is -0.0622. The number of nitrogens with two attached hydrogens (primary N) is 1. The van der Waals surface area contributed by atoms with E-state index in [2.05, 4.69) is 5.32 Å². The van der Waals surface area contributed by atoms with Crippen molar-refractivity contribution in [3.05, 3.63) is 23.8 Å². The van der Waals surface area contributed by atoms with Crippen molar-refractivity contribution in [1.29, 1.82) is 0 Å².